The van der Waals surface area contributed by atoms with Gasteiger partial charge in [0.25, 0.3) is 0 Å². The number of ether oxygens (including phenoxy) is 1. The lowest BCUT2D eigenvalue weighted by Crippen LogP contribution is -2.49. The van der Waals surface area contributed by atoms with E-state index in [-0.39, 0.29) is 23.0 Å². The zero-order valence-electron chi connectivity index (χ0n) is 13.2. The van der Waals surface area contributed by atoms with Gasteiger partial charge in [0, 0.05) is 18.6 Å². The average Bonchev–Trinajstić information content (AvgIpc) is 2.46. The van der Waals surface area contributed by atoms with Gasteiger partial charge in [-0.25, -0.2) is 4.79 Å². The minimum atomic E-state index is -4.52. The summed E-state index contributed by atoms with van der Waals surface area (Å²) in [6, 6.07) is 2.83. The first-order valence-electron chi connectivity index (χ1n) is 7.25. The number of halogens is 3. The van der Waals surface area contributed by atoms with Crippen molar-refractivity contribution in [3.05, 3.63) is 29.3 Å². The molecule has 4 nitrogen and oxygen atoms in total. The molecule has 23 heavy (non-hydrogen) atoms. The van der Waals surface area contributed by atoms with E-state index in [1.807, 2.05) is 13.8 Å². The van der Waals surface area contributed by atoms with Crippen molar-refractivity contribution in [2.75, 3.05) is 19.8 Å². The van der Waals surface area contributed by atoms with E-state index in [9.17, 15) is 18.0 Å². The van der Waals surface area contributed by atoms with Gasteiger partial charge >= 0.3 is 19.3 Å². The van der Waals surface area contributed by atoms with Crippen LogP contribution in [-0.4, -0.2) is 32.9 Å². The molecule has 0 radical (unpaired) electrons. The Balaban J connectivity index is 2.38. The maximum Gasteiger partial charge on any atom is 0.494 e. The van der Waals surface area contributed by atoms with Crippen molar-refractivity contribution >= 4 is 18.6 Å². The molecule has 126 valence electrons. The molecule has 1 aliphatic heterocycles. The minimum Gasteiger partial charge on any atom is -0.462 e. The number of rotatable bonds is 3. The summed E-state index contributed by atoms with van der Waals surface area (Å²) < 4.78 is 54.8. The van der Waals surface area contributed by atoms with Crippen LogP contribution in [0.15, 0.2) is 18.2 Å². The molecule has 0 saturated carbocycles. The normalized spacial score (nSPS) is 17.9. The zero-order valence-corrected chi connectivity index (χ0v) is 13.2. The van der Waals surface area contributed by atoms with Crippen LogP contribution in [-0.2, 0) is 20.2 Å². The highest BCUT2D eigenvalue weighted by Gasteiger charge is 2.38. The number of carbonyl (C=O) groups excluding carboxylic acids is 1. The molecule has 8 heteroatoms. The Morgan fingerprint density at radius 2 is 1.91 bits per heavy atom. The molecule has 1 aromatic rings. The maximum absolute atomic E-state index is 12.9. The van der Waals surface area contributed by atoms with Gasteiger partial charge in [-0.1, -0.05) is 13.8 Å². The lowest BCUT2D eigenvalue weighted by Gasteiger charge is -2.33. The molecule has 0 unspecified atom stereocenters. The Bertz CT molecular complexity index is 577. The van der Waals surface area contributed by atoms with E-state index in [1.165, 1.54) is 0 Å². The minimum absolute atomic E-state index is 0.0181. The number of esters is 1. The molecular weight excluding hydrogens is 312 g/mol. The third kappa shape index (κ3) is 4.26. The Morgan fingerprint density at radius 1 is 1.30 bits per heavy atom. The summed E-state index contributed by atoms with van der Waals surface area (Å²) in [5, 5.41) is 0. The van der Waals surface area contributed by atoms with E-state index in [1.54, 1.807) is 6.92 Å². The largest absolute Gasteiger partial charge is 0.494 e. The third-order valence-corrected chi connectivity index (χ3v) is 3.38. The highest BCUT2D eigenvalue weighted by molar-refractivity contribution is 6.63. The highest BCUT2D eigenvalue weighted by Crippen LogP contribution is 2.29. The molecule has 0 aliphatic carbocycles. The van der Waals surface area contributed by atoms with E-state index < -0.39 is 24.8 Å². The second kappa shape index (κ2) is 6.53. The zero-order chi connectivity index (χ0) is 17.3. The third-order valence-electron chi connectivity index (χ3n) is 3.38. The number of benzene rings is 1. The fraction of sp³-hybridized carbons (Fsp3) is 0.533. The van der Waals surface area contributed by atoms with Gasteiger partial charge in [-0.15, -0.1) is 0 Å². The monoisotopic (exact) mass is 330 g/mol. The van der Waals surface area contributed by atoms with E-state index >= 15 is 0 Å². The van der Waals surface area contributed by atoms with E-state index in [2.05, 4.69) is 0 Å². The van der Waals surface area contributed by atoms with Crippen molar-refractivity contribution in [2.24, 2.45) is 5.41 Å². The van der Waals surface area contributed by atoms with Crippen LogP contribution < -0.4 is 5.46 Å². The van der Waals surface area contributed by atoms with E-state index in [4.69, 9.17) is 14.0 Å². The SMILES string of the molecule is CCOC(=O)c1ccc(C(F)(F)F)cc1B1OCC(C)(C)CO1. The second-order valence-electron chi connectivity index (χ2n) is 6.14. The van der Waals surface area contributed by atoms with Crippen molar-refractivity contribution < 1.29 is 32.0 Å². The molecule has 1 saturated heterocycles. The summed E-state index contributed by atoms with van der Waals surface area (Å²) in [7, 11) is -1.02. The summed E-state index contributed by atoms with van der Waals surface area (Å²) in [5.41, 5.74) is -1.04. The van der Waals surface area contributed by atoms with Crippen molar-refractivity contribution in [1.29, 1.82) is 0 Å². The van der Waals surface area contributed by atoms with Gasteiger partial charge in [0.1, 0.15) is 0 Å². The first kappa shape index (κ1) is 17.8. The van der Waals surface area contributed by atoms with Crippen molar-refractivity contribution in [3.63, 3.8) is 0 Å². The topological polar surface area (TPSA) is 44.8 Å². The summed E-state index contributed by atoms with van der Waals surface area (Å²) in [5.74, 6) is -0.701. The predicted octanol–water partition coefficient (Wildman–Crippen LogP) is 2.65. The maximum atomic E-state index is 12.9. The predicted molar refractivity (Wildman–Crippen MR) is 78.5 cm³/mol. The molecule has 2 rings (SSSR count). The van der Waals surface area contributed by atoms with Gasteiger partial charge in [0.2, 0.25) is 0 Å². The van der Waals surface area contributed by atoms with Crippen LogP contribution in [0.4, 0.5) is 13.2 Å². The molecular formula is C15H18BF3O4. The standard InChI is InChI=1S/C15H18BF3O4/c1-4-21-13(20)11-6-5-10(15(17,18)19)7-12(11)16-22-8-14(2,3)9-23-16/h5-7H,4,8-9H2,1-3H3. The molecule has 0 bridgehead atoms. The van der Waals surface area contributed by atoms with Crippen LogP contribution >= 0.6 is 0 Å². The Morgan fingerprint density at radius 3 is 2.43 bits per heavy atom. The summed E-state index contributed by atoms with van der Waals surface area (Å²) in [4.78, 5) is 12.0. The fourth-order valence-corrected chi connectivity index (χ4v) is 2.20. The van der Waals surface area contributed by atoms with Gasteiger partial charge in [0.15, 0.2) is 0 Å². The van der Waals surface area contributed by atoms with Gasteiger partial charge in [-0.05, 0) is 30.6 Å². The van der Waals surface area contributed by atoms with Crippen LogP contribution in [0.1, 0.15) is 36.7 Å². The summed E-state index contributed by atoms with van der Waals surface area (Å²) in [6.07, 6.45) is -4.52. The van der Waals surface area contributed by atoms with Crippen molar-refractivity contribution in [3.8, 4) is 0 Å². The molecule has 1 fully saturated rings. The molecule has 0 amide bonds. The smallest absolute Gasteiger partial charge is 0.462 e. The first-order chi connectivity index (χ1) is 10.6. The van der Waals surface area contributed by atoms with Crippen LogP contribution in [0, 0.1) is 5.41 Å². The van der Waals surface area contributed by atoms with Gasteiger partial charge < -0.3 is 14.0 Å². The van der Waals surface area contributed by atoms with Gasteiger partial charge in [0.05, 0.1) is 17.7 Å². The number of hydrogen-bond donors (Lipinski definition) is 0. The molecule has 1 aromatic carbocycles. The lowest BCUT2D eigenvalue weighted by molar-refractivity contribution is -0.137. The average molecular weight is 330 g/mol. The van der Waals surface area contributed by atoms with Crippen molar-refractivity contribution in [2.45, 2.75) is 26.9 Å². The molecule has 1 aliphatic rings. The number of carbonyl (C=O) groups is 1. The first-order valence-corrected chi connectivity index (χ1v) is 7.25. The summed E-state index contributed by atoms with van der Waals surface area (Å²) in [6.45, 7) is 6.21. The molecule has 0 N–H and O–H groups in total. The van der Waals surface area contributed by atoms with Crippen LogP contribution in [0.3, 0.4) is 0 Å². The quantitative estimate of drug-likeness (QED) is 0.631. The van der Waals surface area contributed by atoms with Crippen LogP contribution in [0.2, 0.25) is 0 Å². The van der Waals surface area contributed by atoms with Gasteiger partial charge in [-0.3, -0.25) is 0 Å². The lowest BCUT2D eigenvalue weighted by atomic mass is 9.72. The van der Waals surface area contributed by atoms with E-state index in [0.717, 1.165) is 18.2 Å². The van der Waals surface area contributed by atoms with Gasteiger partial charge in [-0.2, -0.15) is 13.2 Å². The number of alkyl halides is 3. The van der Waals surface area contributed by atoms with E-state index in [0.29, 0.717) is 13.2 Å². The molecule has 0 atom stereocenters. The second-order valence-corrected chi connectivity index (χ2v) is 6.14. The Hall–Kier alpha value is -1.54. The van der Waals surface area contributed by atoms with Crippen LogP contribution in [0.25, 0.3) is 0 Å². The van der Waals surface area contributed by atoms with Crippen LogP contribution in [0.5, 0.6) is 0 Å². The molecule has 0 aromatic heterocycles. The molecule has 1 heterocycles. The Kier molecular flexibility index (Phi) is 5.06. The number of hydrogen-bond acceptors (Lipinski definition) is 4. The summed E-state index contributed by atoms with van der Waals surface area (Å²) >= 11 is 0. The fourth-order valence-electron chi connectivity index (χ4n) is 2.20. The highest BCUT2D eigenvalue weighted by atomic mass is 19.4. The Labute approximate surface area is 133 Å². The van der Waals surface area contributed by atoms with Crippen molar-refractivity contribution in [1.82, 2.24) is 0 Å². The molecule has 0 spiro atoms.